The van der Waals surface area contributed by atoms with Gasteiger partial charge in [0.15, 0.2) is 0 Å². The van der Waals surface area contributed by atoms with Gasteiger partial charge in [-0.15, -0.1) is 17.8 Å². The Morgan fingerprint density at radius 2 is 2.17 bits per heavy atom. The van der Waals surface area contributed by atoms with Crippen LogP contribution < -0.4 is 0 Å². The monoisotopic (exact) mass is 340 g/mol. The molecule has 2 fully saturated rings. The van der Waals surface area contributed by atoms with E-state index >= 15 is 0 Å². The van der Waals surface area contributed by atoms with Crippen LogP contribution in [0.25, 0.3) is 5.57 Å². The Balaban J connectivity index is 1.79. The van der Waals surface area contributed by atoms with Crippen LogP contribution in [0, 0.1) is 18.3 Å². The lowest BCUT2D eigenvalue weighted by Crippen LogP contribution is -2.49. The molecule has 1 saturated heterocycles. The van der Waals surface area contributed by atoms with Gasteiger partial charge in [-0.3, -0.25) is 9.79 Å². The van der Waals surface area contributed by atoms with Crippen molar-refractivity contribution >= 4 is 29.0 Å². The summed E-state index contributed by atoms with van der Waals surface area (Å²) in [6, 6.07) is 2.38. The van der Waals surface area contributed by atoms with Gasteiger partial charge >= 0.3 is 0 Å². The summed E-state index contributed by atoms with van der Waals surface area (Å²) in [5.74, 6) is 3.57. The Morgan fingerprint density at radius 1 is 1.38 bits per heavy atom. The summed E-state index contributed by atoms with van der Waals surface area (Å²) in [7, 11) is 1.71. The van der Waals surface area contributed by atoms with E-state index in [1.54, 1.807) is 13.3 Å². The van der Waals surface area contributed by atoms with E-state index in [-0.39, 0.29) is 5.91 Å². The second kappa shape index (κ2) is 7.81. The molecule has 4 heteroatoms. The van der Waals surface area contributed by atoms with Gasteiger partial charge in [-0.2, -0.15) is 0 Å². The largest absolute Gasteiger partial charge is 0.335 e. The lowest BCUT2D eigenvalue weighted by atomic mass is 9.78. The van der Waals surface area contributed by atoms with E-state index in [9.17, 15) is 4.79 Å². The molecule has 0 bridgehead atoms. The van der Waals surface area contributed by atoms with Crippen molar-refractivity contribution in [1.82, 2.24) is 4.90 Å². The number of terminal acetylenes is 1. The number of fused-ring (bicyclic) bond motifs is 1. The lowest BCUT2D eigenvalue weighted by molar-refractivity contribution is 0.0391. The van der Waals surface area contributed by atoms with Crippen LogP contribution in [-0.4, -0.2) is 36.7 Å². The van der Waals surface area contributed by atoms with Crippen molar-refractivity contribution in [2.75, 3.05) is 13.6 Å². The Labute approximate surface area is 148 Å². The minimum atomic E-state index is 0.176. The third-order valence-corrected chi connectivity index (χ3v) is 6.13. The van der Waals surface area contributed by atoms with Crippen molar-refractivity contribution < 1.29 is 4.79 Å². The lowest BCUT2D eigenvalue weighted by Gasteiger charge is -2.44. The van der Waals surface area contributed by atoms with Gasteiger partial charge in [0.25, 0.3) is 5.91 Å². The first-order valence-electron chi connectivity index (χ1n) is 8.73. The van der Waals surface area contributed by atoms with Crippen LogP contribution in [0.4, 0.5) is 0 Å². The summed E-state index contributed by atoms with van der Waals surface area (Å²) in [4.78, 5) is 20.1. The second-order valence-corrected chi connectivity index (χ2v) is 7.50. The molecule has 3 nitrogen and oxygen atoms in total. The minimum Gasteiger partial charge on any atom is -0.335 e. The molecular formula is C20H24N2OS. The normalized spacial score (nSPS) is 24.7. The number of thiophene rings is 1. The van der Waals surface area contributed by atoms with Crippen LogP contribution >= 0.6 is 11.3 Å². The Bertz CT molecular complexity index is 693. The zero-order chi connectivity index (χ0) is 16.9. The quantitative estimate of drug-likeness (QED) is 0.598. The van der Waals surface area contributed by atoms with Crippen LogP contribution in [0.3, 0.4) is 0 Å². The standard InChI is InChI=1S/C20H24N2OS/c1-3-15(10-11-21-2)19-13-17(14-24-19)20(23)22-12-6-8-16-7-4-5-9-18(16)22/h1,10-11,13-14,16,18H,4-9,12H2,2H3/b15-10+,21-11?. The summed E-state index contributed by atoms with van der Waals surface area (Å²) >= 11 is 1.53. The Kier molecular flexibility index (Phi) is 5.52. The Morgan fingerprint density at radius 3 is 2.96 bits per heavy atom. The number of amides is 1. The first-order valence-corrected chi connectivity index (χ1v) is 9.61. The van der Waals surface area contributed by atoms with Crippen LogP contribution in [0.15, 0.2) is 22.5 Å². The molecule has 1 saturated carbocycles. The predicted octanol–water partition coefficient (Wildman–Crippen LogP) is 4.26. The van der Waals surface area contributed by atoms with E-state index in [0.29, 0.717) is 12.0 Å². The number of piperidine rings is 1. The average Bonchev–Trinajstić information content (AvgIpc) is 3.11. The number of likely N-dealkylation sites (tertiary alicyclic amines) is 1. The molecule has 3 rings (SSSR count). The molecule has 1 amide bonds. The molecule has 2 atom stereocenters. The fourth-order valence-electron chi connectivity index (χ4n) is 3.98. The first kappa shape index (κ1) is 17.0. The number of nitrogens with zero attached hydrogens (tertiary/aromatic N) is 2. The van der Waals surface area contributed by atoms with E-state index in [1.165, 1.54) is 37.0 Å². The summed E-state index contributed by atoms with van der Waals surface area (Å²) in [5, 5.41) is 1.94. The zero-order valence-electron chi connectivity index (χ0n) is 14.2. The van der Waals surface area contributed by atoms with Gasteiger partial charge in [0.05, 0.1) is 5.56 Å². The van der Waals surface area contributed by atoms with Gasteiger partial charge in [0.2, 0.25) is 0 Å². The van der Waals surface area contributed by atoms with Crippen molar-refractivity contribution in [1.29, 1.82) is 0 Å². The number of allylic oxidation sites excluding steroid dienone is 2. The van der Waals surface area contributed by atoms with E-state index in [2.05, 4.69) is 15.8 Å². The molecule has 0 N–H and O–H groups in total. The number of rotatable bonds is 3. The summed E-state index contributed by atoms with van der Waals surface area (Å²) < 4.78 is 0. The molecule has 0 aromatic carbocycles. The van der Waals surface area contributed by atoms with Crippen molar-refractivity contribution in [3.8, 4) is 12.3 Å². The molecule has 2 heterocycles. The van der Waals surface area contributed by atoms with Crippen molar-refractivity contribution in [3.05, 3.63) is 28.0 Å². The molecule has 1 aliphatic carbocycles. The molecule has 2 unspecified atom stereocenters. The Hall–Kier alpha value is -1.86. The van der Waals surface area contributed by atoms with E-state index in [0.717, 1.165) is 35.4 Å². The van der Waals surface area contributed by atoms with Crippen LogP contribution in [-0.2, 0) is 0 Å². The number of carbonyl (C=O) groups is 1. The van der Waals surface area contributed by atoms with Gasteiger partial charge in [-0.05, 0) is 43.7 Å². The van der Waals surface area contributed by atoms with Crippen molar-refractivity contribution in [2.45, 2.75) is 44.6 Å². The third-order valence-electron chi connectivity index (χ3n) is 5.16. The van der Waals surface area contributed by atoms with Crippen LogP contribution in [0.1, 0.15) is 53.8 Å². The maximum absolute atomic E-state index is 13.0. The van der Waals surface area contributed by atoms with Gasteiger partial charge in [0.1, 0.15) is 0 Å². The topological polar surface area (TPSA) is 32.7 Å². The van der Waals surface area contributed by atoms with Gasteiger partial charge in [-0.25, -0.2) is 0 Å². The highest BCUT2D eigenvalue weighted by molar-refractivity contribution is 7.11. The van der Waals surface area contributed by atoms with Crippen LogP contribution in [0.5, 0.6) is 0 Å². The molecule has 0 radical (unpaired) electrons. The highest BCUT2D eigenvalue weighted by Gasteiger charge is 2.36. The SMILES string of the molecule is C#C/C(=C\C=NC)c1cc(C(=O)N2CCCC3CCCCC32)cs1. The highest BCUT2D eigenvalue weighted by atomic mass is 32.1. The van der Waals surface area contributed by atoms with Crippen molar-refractivity contribution in [3.63, 3.8) is 0 Å². The predicted molar refractivity (Wildman–Crippen MR) is 102 cm³/mol. The smallest absolute Gasteiger partial charge is 0.254 e. The molecule has 0 spiro atoms. The van der Waals surface area contributed by atoms with Gasteiger partial charge in [-0.1, -0.05) is 18.8 Å². The molecular weight excluding hydrogens is 316 g/mol. The molecule has 1 aromatic rings. The molecule has 1 aromatic heterocycles. The second-order valence-electron chi connectivity index (χ2n) is 6.58. The molecule has 24 heavy (non-hydrogen) atoms. The summed E-state index contributed by atoms with van der Waals surface area (Å²) in [6.07, 6.45) is 16.5. The first-order chi connectivity index (χ1) is 11.7. The number of hydrogen-bond donors (Lipinski definition) is 0. The number of carbonyl (C=O) groups excluding carboxylic acids is 1. The maximum Gasteiger partial charge on any atom is 0.254 e. The zero-order valence-corrected chi connectivity index (χ0v) is 15.0. The fraction of sp³-hybridized carbons (Fsp3) is 0.500. The van der Waals surface area contributed by atoms with E-state index in [1.807, 2.05) is 17.5 Å². The molecule has 1 aliphatic heterocycles. The molecule has 2 aliphatic rings. The third kappa shape index (κ3) is 3.47. The highest BCUT2D eigenvalue weighted by Crippen LogP contribution is 2.36. The fourth-order valence-corrected chi connectivity index (χ4v) is 4.85. The number of aliphatic imine (C=N–C) groups is 1. The van der Waals surface area contributed by atoms with E-state index < -0.39 is 0 Å². The van der Waals surface area contributed by atoms with Gasteiger partial charge in [0, 0.05) is 41.7 Å². The number of hydrogen-bond acceptors (Lipinski definition) is 3. The maximum atomic E-state index is 13.0. The molecule has 126 valence electrons. The summed E-state index contributed by atoms with van der Waals surface area (Å²) in [6.45, 7) is 0.894. The minimum absolute atomic E-state index is 0.176. The average molecular weight is 340 g/mol. The van der Waals surface area contributed by atoms with E-state index in [4.69, 9.17) is 6.42 Å². The van der Waals surface area contributed by atoms with Gasteiger partial charge < -0.3 is 4.90 Å². The van der Waals surface area contributed by atoms with Crippen LogP contribution in [0.2, 0.25) is 0 Å². The van der Waals surface area contributed by atoms with Crippen molar-refractivity contribution in [2.24, 2.45) is 10.9 Å². The summed E-state index contributed by atoms with van der Waals surface area (Å²) in [5.41, 5.74) is 1.55.